The molecule has 0 saturated heterocycles. The van der Waals surface area contributed by atoms with Crippen molar-refractivity contribution in [1.29, 1.82) is 0 Å². The molecule has 3 aromatic rings. The van der Waals surface area contributed by atoms with Gasteiger partial charge in [-0.1, -0.05) is 24.3 Å². The molecule has 0 fully saturated rings. The van der Waals surface area contributed by atoms with Crippen LogP contribution in [0.2, 0.25) is 0 Å². The third-order valence-corrected chi connectivity index (χ3v) is 4.81. The van der Waals surface area contributed by atoms with E-state index in [4.69, 9.17) is 0 Å². The number of rotatable bonds is 7. The van der Waals surface area contributed by atoms with Gasteiger partial charge in [-0.15, -0.1) is 11.3 Å². The zero-order valence-electron chi connectivity index (χ0n) is 13.8. The molecule has 2 heterocycles. The first-order chi connectivity index (χ1) is 11.2. The van der Waals surface area contributed by atoms with Crippen LogP contribution in [0.1, 0.15) is 10.4 Å². The van der Waals surface area contributed by atoms with E-state index in [1.165, 1.54) is 15.8 Å². The second kappa shape index (κ2) is 7.68. The molecule has 0 unspecified atom stereocenters. The predicted octanol–water partition coefficient (Wildman–Crippen LogP) is 3.86. The van der Waals surface area contributed by atoms with Crippen LogP contribution < -0.4 is 0 Å². The molecule has 4 heteroatoms. The summed E-state index contributed by atoms with van der Waals surface area (Å²) in [5.74, 6) is 0. The van der Waals surface area contributed by atoms with E-state index in [2.05, 4.69) is 70.7 Å². The number of pyridine rings is 1. The highest BCUT2D eigenvalue weighted by Crippen LogP contribution is 2.20. The summed E-state index contributed by atoms with van der Waals surface area (Å²) in [5, 5.41) is 3.41. The van der Waals surface area contributed by atoms with Crippen molar-refractivity contribution in [3.8, 4) is 0 Å². The third kappa shape index (κ3) is 4.38. The molecule has 23 heavy (non-hydrogen) atoms. The maximum Gasteiger partial charge on any atom is 0.0705 e. The Morgan fingerprint density at radius 2 is 1.87 bits per heavy atom. The summed E-state index contributed by atoms with van der Waals surface area (Å²) in [7, 11) is 4.26. The van der Waals surface area contributed by atoms with Crippen molar-refractivity contribution >= 4 is 22.2 Å². The summed E-state index contributed by atoms with van der Waals surface area (Å²) in [6.07, 6.45) is 1.86. The Kier molecular flexibility index (Phi) is 5.39. The monoisotopic (exact) mass is 325 g/mol. The third-order valence-electron chi connectivity index (χ3n) is 3.95. The van der Waals surface area contributed by atoms with E-state index in [1.54, 1.807) is 0 Å². The van der Waals surface area contributed by atoms with Crippen LogP contribution in [0.4, 0.5) is 0 Å². The van der Waals surface area contributed by atoms with E-state index in [0.29, 0.717) is 0 Å². The number of likely N-dealkylation sites (N-methyl/N-ethyl adjacent to an activating group) is 1. The Labute approximate surface area is 142 Å². The number of hydrogen-bond acceptors (Lipinski definition) is 4. The lowest BCUT2D eigenvalue weighted by molar-refractivity contribution is 0.228. The first-order valence-electron chi connectivity index (χ1n) is 7.94. The molecule has 0 atom stereocenters. The van der Waals surface area contributed by atoms with Crippen LogP contribution in [-0.2, 0) is 13.1 Å². The molecule has 0 aliphatic heterocycles. The molecule has 0 aliphatic carbocycles. The van der Waals surface area contributed by atoms with Crippen LogP contribution in [0.5, 0.6) is 0 Å². The van der Waals surface area contributed by atoms with Crippen LogP contribution in [0.3, 0.4) is 0 Å². The average molecular weight is 325 g/mol. The lowest BCUT2D eigenvalue weighted by Crippen LogP contribution is -2.30. The van der Waals surface area contributed by atoms with E-state index in [1.807, 2.05) is 23.6 Å². The molecule has 0 spiro atoms. The standard InChI is InChI=1S/C19H23N3S/c1-21(2)11-12-22(15-17-7-5-13-23-17)14-16-6-3-9-19-18(16)8-4-10-20-19/h3-10,13H,11-12,14-15H2,1-2H3. The molecule has 0 N–H and O–H groups in total. The molecule has 120 valence electrons. The van der Waals surface area contributed by atoms with Gasteiger partial charge < -0.3 is 4.90 Å². The van der Waals surface area contributed by atoms with Gasteiger partial charge in [0.1, 0.15) is 0 Å². The number of fused-ring (bicyclic) bond motifs is 1. The maximum atomic E-state index is 4.47. The fourth-order valence-corrected chi connectivity index (χ4v) is 3.47. The summed E-state index contributed by atoms with van der Waals surface area (Å²) >= 11 is 1.83. The average Bonchev–Trinajstić information content (AvgIpc) is 3.06. The molecular weight excluding hydrogens is 302 g/mol. The highest BCUT2D eigenvalue weighted by atomic mass is 32.1. The normalized spacial score (nSPS) is 11.7. The van der Waals surface area contributed by atoms with Gasteiger partial charge in [-0.2, -0.15) is 0 Å². The van der Waals surface area contributed by atoms with Crippen molar-refractivity contribution in [2.75, 3.05) is 27.2 Å². The second-order valence-corrected chi connectivity index (χ2v) is 7.11. The van der Waals surface area contributed by atoms with Crippen LogP contribution in [0.25, 0.3) is 10.9 Å². The van der Waals surface area contributed by atoms with Crippen molar-refractivity contribution in [2.45, 2.75) is 13.1 Å². The number of nitrogens with zero attached hydrogens (tertiary/aromatic N) is 3. The van der Waals surface area contributed by atoms with Crippen molar-refractivity contribution in [3.05, 3.63) is 64.5 Å². The van der Waals surface area contributed by atoms with Gasteiger partial charge in [0.2, 0.25) is 0 Å². The van der Waals surface area contributed by atoms with Crippen molar-refractivity contribution < 1.29 is 0 Å². The molecule has 0 amide bonds. The molecule has 3 rings (SSSR count). The molecule has 2 aromatic heterocycles. The van der Waals surface area contributed by atoms with Crippen molar-refractivity contribution in [3.63, 3.8) is 0 Å². The summed E-state index contributed by atoms with van der Waals surface area (Å²) in [6, 6.07) is 15.0. The molecule has 0 bridgehead atoms. The zero-order valence-corrected chi connectivity index (χ0v) is 14.6. The van der Waals surface area contributed by atoms with Gasteiger partial charge in [-0.25, -0.2) is 0 Å². The molecule has 0 saturated carbocycles. The van der Waals surface area contributed by atoms with E-state index >= 15 is 0 Å². The predicted molar refractivity (Wildman–Crippen MR) is 98.7 cm³/mol. The summed E-state index contributed by atoms with van der Waals surface area (Å²) < 4.78 is 0. The number of hydrogen-bond donors (Lipinski definition) is 0. The fourth-order valence-electron chi connectivity index (χ4n) is 2.72. The largest absolute Gasteiger partial charge is 0.308 e. The summed E-state index contributed by atoms with van der Waals surface area (Å²) in [4.78, 5) is 10.7. The van der Waals surface area contributed by atoms with Gasteiger partial charge >= 0.3 is 0 Å². The number of benzene rings is 1. The van der Waals surface area contributed by atoms with Gasteiger partial charge in [0.05, 0.1) is 5.52 Å². The molecular formula is C19H23N3S. The highest BCUT2D eigenvalue weighted by molar-refractivity contribution is 7.09. The molecule has 0 radical (unpaired) electrons. The number of aromatic nitrogens is 1. The minimum absolute atomic E-state index is 0.953. The fraction of sp³-hybridized carbons (Fsp3) is 0.316. The highest BCUT2D eigenvalue weighted by Gasteiger charge is 2.10. The summed E-state index contributed by atoms with van der Waals surface area (Å²) in [6.45, 7) is 4.08. The van der Waals surface area contributed by atoms with Crippen LogP contribution >= 0.6 is 11.3 Å². The van der Waals surface area contributed by atoms with Crippen molar-refractivity contribution in [2.24, 2.45) is 0 Å². The quantitative estimate of drug-likeness (QED) is 0.657. The van der Waals surface area contributed by atoms with Gasteiger partial charge in [-0.05, 0) is 43.2 Å². The Balaban J connectivity index is 1.81. The van der Waals surface area contributed by atoms with E-state index < -0.39 is 0 Å². The van der Waals surface area contributed by atoms with Crippen molar-refractivity contribution in [1.82, 2.24) is 14.8 Å². The Morgan fingerprint density at radius 3 is 2.65 bits per heavy atom. The van der Waals surface area contributed by atoms with Crippen LogP contribution in [0, 0.1) is 0 Å². The van der Waals surface area contributed by atoms with Crippen LogP contribution in [-0.4, -0.2) is 42.0 Å². The zero-order chi connectivity index (χ0) is 16.1. The lowest BCUT2D eigenvalue weighted by Gasteiger charge is -2.24. The first kappa shape index (κ1) is 16.1. The van der Waals surface area contributed by atoms with E-state index in [9.17, 15) is 0 Å². The number of thiophene rings is 1. The van der Waals surface area contributed by atoms with E-state index in [-0.39, 0.29) is 0 Å². The van der Waals surface area contributed by atoms with Gasteiger partial charge in [0, 0.05) is 42.6 Å². The maximum absolute atomic E-state index is 4.47. The van der Waals surface area contributed by atoms with Gasteiger partial charge in [0.15, 0.2) is 0 Å². The van der Waals surface area contributed by atoms with Crippen LogP contribution in [0.15, 0.2) is 54.0 Å². The molecule has 3 nitrogen and oxygen atoms in total. The topological polar surface area (TPSA) is 19.4 Å². The minimum atomic E-state index is 0.953. The van der Waals surface area contributed by atoms with E-state index in [0.717, 1.165) is 31.7 Å². The minimum Gasteiger partial charge on any atom is -0.308 e. The Morgan fingerprint density at radius 1 is 0.957 bits per heavy atom. The molecule has 1 aromatic carbocycles. The lowest BCUT2D eigenvalue weighted by atomic mass is 10.1. The van der Waals surface area contributed by atoms with Gasteiger partial charge in [0.25, 0.3) is 0 Å². The summed E-state index contributed by atoms with van der Waals surface area (Å²) in [5.41, 5.74) is 2.43. The second-order valence-electron chi connectivity index (χ2n) is 6.08. The Bertz CT molecular complexity index is 732. The SMILES string of the molecule is CN(C)CCN(Cc1cccs1)Cc1cccc2ncccc12. The van der Waals surface area contributed by atoms with Gasteiger partial charge in [-0.3, -0.25) is 9.88 Å². The smallest absolute Gasteiger partial charge is 0.0705 e. The first-order valence-corrected chi connectivity index (χ1v) is 8.82. The molecule has 0 aliphatic rings. The Hall–Kier alpha value is -1.75.